The molecule has 98 heavy (non-hydrogen) atoms. The average Bonchev–Trinajstić information content (AvgIpc) is 0.715. The maximum Gasteiger partial charge on any atom is 0.198 e. The van der Waals surface area contributed by atoms with E-state index in [1.165, 1.54) is 0 Å². The molecule has 13 aromatic carbocycles. The van der Waals surface area contributed by atoms with Gasteiger partial charge in [-0.05, 0) is 146 Å². The summed E-state index contributed by atoms with van der Waals surface area (Å²) < 4.78 is 0. The quantitative estimate of drug-likeness (QED) is 0.0677. The molecule has 0 fully saturated rings. The van der Waals surface area contributed by atoms with Gasteiger partial charge in [-0.3, -0.25) is 0 Å². The van der Waals surface area contributed by atoms with Gasteiger partial charge in [-0.15, -0.1) is 0 Å². The highest BCUT2D eigenvalue weighted by molar-refractivity contribution is 6.20. The van der Waals surface area contributed by atoms with E-state index in [2.05, 4.69) is 311 Å². The second-order valence-corrected chi connectivity index (χ2v) is 23.6. The summed E-state index contributed by atoms with van der Waals surface area (Å²) in [4.78, 5) is 52.3. The smallest absolute Gasteiger partial charge is 0.198 e. The predicted molar refractivity (Wildman–Crippen MR) is 399 cm³/mol. The molecule has 0 aliphatic carbocycles. The van der Waals surface area contributed by atoms with E-state index in [1.54, 1.807) is 12.4 Å². The minimum atomic E-state index is 0.359. The summed E-state index contributed by atoms with van der Waals surface area (Å²) in [5.41, 5.74) is 21.6. The molecule has 0 bridgehead atoms. The van der Waals surface area contributed by atoms with Gasteiger partial charge < -0.3 is 19.6 Å². The van der Waals surface area contributed by atoms with Crippen LogP contribution in [-0.4, -0.2) is 39.9 Å². The van der Waals surface area contributed by atoms with Crippen molar-refractivity contribution in [1.29, 1.82) is 0 Å². The van der Waals surface area contributed by atoms with E-state index in [9.17, 15) is 0 Å². The first-order chi connectivity index (χ1) is 48.6. The Morgan fingerprint density at radius 2 is 0.306 bits per heavy atom. The van der Waals surface area contributed by atoms with Crippen molar-refractivity contribution in [3.8, 4) is 45.0 Å². The first kappa shape index (κ1) is 58.3. The monoisotopic (exact) mass is 1260 g/mol. The first-order valence-corrected chi connectivity index (χ1v) is 32.5. The number of nitrogens with zero attached hydrogens (tertiary/aromatic N) is 12. The number of hydrogen-bond acceptors (Lipinski definition) is 12. The molecule has 0 amide bonds. The number of hydrogen-bond donors (Lipinski definition) is 0. The molecule has 0 radical (unpaired) electrons. The summed E-state index contributed by atoms with van der Waals surface area (Å²) in [6.07, 6.45) is 3.26. The molecule has 4 heterocycles. The van der Waals surface area contributed by atoms with Crippen LogP contribution in [0.3, 0.4) is 0 Å². The van der Waals surface area contributed by atoms with Crippen LogP contribution >= 0.6 is 0 Å². The highest BCUT2D eigenvalue weighted by Crippen LogP contribution is 2.45. The number of aromatic nitrogens is 8. The summed E-state index contributed by atoms with van der Waals surface area (Å²) >= 11 is 0. The van der Waals surface area contributed by atoms with Crippen LogP contribution in [0.25, 0.3) is 89.4 Å². The van der Waals surface area contributed by atoms with E-state index >= 15 is 0 Å². The SMILES string of the molecule is c1ccc(N(c2ccccc2)c2ccc(-c3nc4c5nc(-c6ccc(N(c7ccccc7)c7ccccc7)cc6)c(-c6ccc(N(c7ccccc7)c7ccccc7)cc6)nc5c5nc6nccnc6nc5c4nc3-c3ccc(N(c4ccccc4)c4ccccc4)cc3)cc2)cc1. The Bertz CT molecular complexity index is 5120. The summed E-state index contributed by atoms with van der Waals surface area (Å²) in [7, 11) is 0. The van der Waals surface area contributed by atoms with Crippen LogP contribution in [0, 0.1) is 0 Å². The Morgan fingerprint density at radius 1 is 0.153 bits per heavy atom. The zero-order valence-electron chi connectivity index (χ0n) is 52.9. The van der Waals surface area contributed by atoms with Gasteiger partial charge in [0.1, 0.15) is 33.1 Å². The first-order valence-electron chi connectivity index (χ1n) is 32.5. The summed E-state index contributed by atoms with van der Waals surface area (Å²) in [5.74, 6) is 0. The third-order valence-corrected chi connectivity index (χ3v) is 17.5. The molecule has 462 valence electrons. The second-order valence-electron chi connectivity index (χ2n) is 23.6. The summed E-state index contributed by atoms with van der Waals surface area (Å²) in [5, 5.41) is 0. The van der Waals surface area contributed by atoms with Crippen LogP contribution < -0.4 is 19.6 Å². The lowest BCUT2D eigenvalue weighted by Gasteiger charge is -2.26. The van der Waals surface area contributed by atoms with E-state index in [1.807, 2.05) is 48.5 Å². The van der Waals surface area contributed by atoms with Gasteiger partial charge in [0.15, 0.2) is 11.3 Å². The molecule has 0 aliphatic rings. The van der Waals surface area contributed by atoms with Gasteiger partial charge in [0, 0.05) is 103 Å². The standard InChI is InChI=1S/C86H58N12/c1-9-25-63(26-10-1)95(64-27-11-2-12-28-64)71-49-41-59(42-50-71)75-77(61-45-53-73(54-46-61)97(67-33-17-5-18-34-67)68-35-19-6-20-36-68)91-81-79(89-75)80-82(84-83(81)93-85-86(94-84)88-58-57-87-85)92-78(62-47-55-74(56-48-62)98(69-37-21-7-22-38-69)70-39-23-8-24-40-70)76(90-80)60-43-51-72(52-44-60)96(65-29-13-3-14-30-65)66-31-15-4-16-32-66/h1-58H. The number of anilines is 12. The molecule has 0 saturated carbocycles. The van der Waals surface area contributed by atoms with E-state index in [0.29, 0.717) is 67.2 Å². The molecule has 0 N–H and O–H groups in total. The Labute approximate surface area is 566 Å². The Hall–Kier alpha value is -13.6. The molecular weight excluding hydrogens is 1200 g/mol. The molecule has 0 saturated heterocycles. The maximum absolute atomic E-state index is 5.85. The normalized spacial score (nSPS) is 11.3. The third-order valence-electron chi connectivity index (χ3n) is 17.5. The zero-order valence-corrected chi connectivity index (χ0v) is 52.9. The van der Waals surface area contributed by atoms with E-state index < -0.39 is 0 Å². The molecule has 17 aromatic rings. The molecule has 12 heteroatoms. The van der Waals surface area contributed by atoms with Crippen LogP contribution in [0.2, 0.25) is 0 Å². The van der Waals surface area contributed by atoms with Gasteiger partial charge >= 0.3 is 0 Å². The van der Waals surface area contributed by atoms with E-state index in [0.717, 1.165) is 90.5 Å². The summed E-state index contributed by atoms with van der Waals surface area (Å²) in [6.45, 7) is 0. The van der Waals surface area contributed by atoms with Gasteiger partial charge in [-0.2, -0.15) is 0 Å². The molecule has 0 spiro atoms. The van der Waals surface area contributed by atoms with Crippen molar-refractivity contribution in [2.45, 2.75) is 0 Å². The highest BCUT2D eigenvalue weighted by Gasteiger charge is 2.27. The van der Waals surface area contributed by atoms with E-state index in [-0.39, 0.29) is 0 Å². The number of rotatable bonds is 16. The fourth-order valence-electron chi connectivity index (χ4n) is 12.9. The fourth-order valence-corrected chi connectivity index (χ4v) is 12.9. The predicted octanol–water partition coefficient (Wildman–Crippen LogP) is 22.0. The van der Waals surface area contributed by atoms with Gasteiger partial charge in [-0.25, -0.2) is 39.9 Å². The van der Waals surface area contributed by atoms with Crippen molar-refractivity contribution >= 4 is 113 Å². The Kier molecular flexibility index (Phi) is 15.3. The molecule has 17 rings (SSSR count). The molecular formula is C86H58N12. The minimum absolute atomic E-state index is 0.359. The van der Waals surface area contributed by atoms with Gasteiger partial charge in [0.25, 0.3) is 0 Å². The zero-order chi connectivity index (χ0) is 65.1. The third kappa shape index (κ3) is 11.1. The van der Waals surface area contributed by atoms with Crippen molar-refractivity contribution in [2.75, 3.05) is 19.6 Å². The average molecular weight is 1260 g/mol. The van der Waals surface area contributed by atoms with Crippen molar-refractivity contribution in [2.24, 2.45) is 0 Å². The summed E-state index contributed by atoms with van der Waals surface area (Å²) in [6, 6.07) is 118. The molecule has 0 unspecified atom stereocenters. The van der Waals surface area contributed by atoms with Gasteiger partial charge in [-0.1, -0.05) is 194 Å². The van der Waals surface area contributed by atoms with Crippen LogP contribution in [0.5, 0.6) is 0 Å². The molecule has 4 aromatic heterocycles. The van der Waals surface area contributed by atoms with Crippen molar-refractivity contribution in [1.82, 2.24) is 39.9 Å². The lowest BCUT2D eigenvalue weighted by molar-refractivity contribution is 1.19. The van der Waals surface area contributed by atoms with Crippen molar-refractivity contribution < 1.29 is 0 Å². The molecule has 0 atom stereocenters. The van der Waals surface area contributed by atoms with Gasteiger partial charge in [0.2, 0.25) is 0 Å². The number of para-hydroxylation sites is 8. The number of fused-ring (bicyclic) bond motifs is 7. The second kappa shape index (κ2) is 25.7. The lowest BCUT2D eigenvalue weighted by Crippen LogP contribution is -2.10. The lowest BCUT2D eigenvalue weighted by atomic mass is 10.0. The largest absolute Gasteiger partial charge is 0.311 e. The maximum atomic E-state index is 5.85. The Morgan fingerprint density at radius 3 is 0.480 bits per heavy atom. The topological polar surface area (TPSA) is 116 Å². The highest BCUT2D eigenvalue weighted by atomic mass is 15.2. The van der Waals surface area contributed by atoms with Gasteiger partial charge in [0.05, 0.1) is 22.8 Å². The fraction of sp³-hybridized carbons (Fsp3) is 0. The molecule has 0 aliphatic heterocycles. The van der Waals surface area contributed by atoms with Crippen molar-refractivity contribution in [3.63, 3.8) is 0 Å². The minimum Gasteiger partial charge on any atom is -0.311 e. The van der Waals surface area contributed by atoms with Crippen LogP contribution in [-0.2, 0) is 0 Å². The molecule has 12 nitrogen and oxygen atoms in total. The van der Waals surface area contributed by atoms with Crippen LogP contribution in [0.15, 0.2) is 352 Å². The van der Waals surface area contributed by atoms with Crippen molar-refractivity contribution in [3.05, 3.63) is 352 Å². The Balaban J connectivity index is 0.908. The van der Waals surface area contributed by atoms with Crippen LogP contribution in [0.4, 0.5) is 68.2 Å². The number of benzene rings is 13. The van der Waals surface area contributed by atoms with E-state index in [4.69, 9.17) is 39.9 Å². The van der Waals surface area contributed by atoms with Crippen LogP contribution in [0.1, 0.15) is 0 Å².